The van der Waals surface area contributed by atoms with Crippen LogP contribution in [0, 0.1) is 5.41 Å². The Morgan fingerprint density at radius 1 is 1.30 bits per heavy atom. The molecule has 0 saturated carbocycles. The maximum Gasteiger partial charge on any atom is 0.191 e. The van der Waals surface area contributed by atoms with Crippen LogP contribution in [0.15, 0.2) is 23.2 Å². The van der Waals surface area contributed by atoms with Gasteiger partial charge in [0.2, 0.25) is 0 Å². The summed E-state index contributed by atoms with van der Waals surface area (Å²) in [6.07, 6.45) is 1.89. The van der Waals surface area contributed by atoms with Crippen LogP contribution < -0.4 is 10.6 Å². The van der Waals surface area contributed by atoms with E-state index in [1.807, 2.05) is 12.1 Å². The van der Waals surface area contributed by atoms with Gasteiger partial charge in [-0.05, 0) is 37.5 Å². The average Bonchev–Trinajstić information content (AvgIpc) is 2.48. The molecule has 2 rings (SSSR count). The number of aryl methyl sites for hydroxylation is 1. The van der Waals surface area contributed by atoms with Gasteiger partial charge in [0.05, 0.1) is 19.8 Å². The predicted molar refractivity (Wildman–Crippen MR) is 97.7 cm³/mol. The van der Waals surface area contributed by atoms with E-state index >= 15 is 0 Å². The summed E-state index contributed by atoms with van der Waals surface area (Å²) in [6.45, 7) is 8.34. The minimum absolute atomic E-state index is 0.194. The summed E-state index contributed by atoms with van der Waals surface area (Å²) in [5.74, 6) is 0.864. The number of halogens is 2. The predicted octanol–water partition coefficient (Wildman–Crippen LogP) is 3.52. The Labute approximate surface area is 148 Å². The minimum atomic E-state index is 0.194. The molecule has 2 N–H and O–H groups in total. The molecule has 0 bridgehead atoms. The first kappa shape index (κ1) is 18.4. The molecule has 23 heavy (non-hydrogen) atoms. The fraction of sp³-hybridized carbons (Fsp3) is 0.588. The maximum atomic E-state index is 6.19. The van der Waals surface area contributed by atoms with Crippen LogP contribution >= 0.6 is 23.2 Å². The Kier molecular flexibility index (Phi) is 7.00. The maximum absolute atomic E-state index is 6.19. The van der Waals surface area contributed by atoms with Gasteiger partial charge < -0.3 is 15.4 Å². The highest BCUT2D eigenvalue weighted by molar-refractivity contribution is 6.35. The molecule has 1 saturated heterocycles. The fourth-order valence-corrected chi connectivity index (χ4v) is 2.87. The monoisotopic (exact) mass is 357 g/mol. The van der Waals surface area contributed by atoms with E-state index in [4.69, 9.17) is 27.9 Å². The van der Waals surface area contributed by atoms with E-state index in [0.29, 0.717) is 5.02 Å². The normalized spacial score (nSPS) is 16.8. The summed E-state index contributed by atoms with van der Waals surface area (Å²) in [5.41, 5.74) is 1.32. The van der Waals surface area contributed by atoms with Gasteiger partial charge in [-0.3, -0.25) is 4.99 Å². The number of hydrogen-bond donors (Lipinski definition) is 2. The molecule has 0 spiro atoms. The molecule has 1 fully saturated rings. The van der Waals surface area contributed by atoms with Gasteiger partial charge in [-0.25, -0.2) is 0 Å². The van der Waals surface area contributed by atoms with E-state index in [-0.39, 0.29) is 5.41 Å². The molecule has 0 amide bonds. The van der Waals surface area contributed by atoms with Crippen molar-refractivity contribution in [1.29, 1.82) is 0 Å². The molecule has 6 heteroatoms. The fourth-order valence-electron chi connectivity index (χ4n) is 2.36. The summed E-state index contributed by atoms with van der Waals surface area (Å²) < 4.78 is 5.27. The molecule has 0 atom stereocenters. The lowest BCUT2D eigenvalue weighted by molar-refractivity contribution is -0.0945. The highest BCUT2D eigenvalue weighted by atomic mass is 35.5. The van der Waals surface area contributed by atoms with Crippen LogP contribution in [0.2, 0.25) is 10.0 Å². The average molecular weight is 358 g/mol. The number of benzene rings is 1. The van der Waals surface area contributed by atoms with Crippen LogP contribution in [0.1, 0.15) is 25.8 Å². The van der Waals surface area contributed by atoms with E-state index in [1.165, 1.54) is 0 Å². The molecule has 0 radical (unpaired) electrons. The van der Waals surface area contributed by atoms with E-state index in [1.54, 1.807) is 6.07 Å². The van der Waals surface area contributed by atoms with Crippen molar-refractivity contribution in [1.82, 2.24) is 10.6 Å². The van der Waals surface area contributed by atoms with Gasteiger partial charge in [-0.1, -0.05) is 36.2 Å². The van der Waals surface area contributed by atoms with Crippen molar-refractivity contribution in [2.75, 3.05) is 32.8 Å². The molecule has 0 unspecified atom stereocenters. The zero-order valence-corrected chi connectivity index (χ0v) is 15.3. The van der Waals surface area contributed by atoms with Gasteiger partial charge >= 0.3 is 0 Å². The lowest BCUT2D eigenvalue weighted by Crippen LogP contribution is -2.44. The van der Waals surface area contributed by atoms with Crippen molar-refractivity contribution >= 4 is 29.2 Å². The van der Waals surface area contributed by atoms with Crippen molar-refractivity contribution in [2.24, 2.45) is 10.4 Å². The third-order valence-corrected chi connectivity index (χ3v) is 4.38. The standard InChI is InChI=1S/C17H25Cl2N3O/c1-3-20-16(22-10-17(2)11-23-12-17)21-8-4-5-13-6-7-14(18)9-15(13)19/h6-7,9H,3-5,8,10-12H2,1-2H3,(H2,20,21,22). The van der Waals surface area contributed by atoms with Crippen molar-refractivity contribution in [3.05, 3.63) is 33.8 Å². The first-order valence-electron chi connectivity index (χ1n) is 8.06. The van der Waals surface area contributed by atoms with Gasteiger partial charge in [0.15, 0.2) is 5.96 Å². The van der Waals surface area contributed by atoms with Crippen LogP contribution in [0.4, 0.5) is 0 Å². The van der Waals surface area contributed by atoms with E-state index in [0.717, 1.165) is 62.2 Å². The number of guanidine groups is 1. The topological polar surface area (TPSA) is 45.7 Å². The quantitative estimate of drug-likeness (QED) is 0.445. The second-order valence-electron chi connectivity index (χ2n) is 6.26. The van der Waals surface area contributed by atoms with Crippen molar-refractivity contribution in [3.63, 3.8) is 0 Å². The van der Waals surface area contributed by atoms with Crippen molar-refractivity contribution < 1.29 is 4.74 Å². The number of rotatable bonds is 7. The SMILES string of the molecule is CCNC(=NCC1(C)COC1)NCCCc1ccc(Cl)cc1Cl. The minimum Gasteiger partial charge on any atom is -0.380 e. The number of aliphatic imine (C=N–C) groups is 1. The molecule has 1 aromatic carbocycles. The summed E-state index contributed by atoms with van der Waals surface area (Å²) in [4.78, 5) is 4.65. The second kappa shape index (κ2) is 8.76. The highest BCUT2D eigenvalue weighted by Crippen LogP contribution is 2.26. The molecule has 1 heterocycles. The first-order chi connectivity index (χ1) is 11.0. The molecule has 0 aliphatic carbocycles. The summed E-state index contributed by atoms with van der Waals surface area (Å²) >= 11 is 12.1. The van der Waals surface area contributed by atoms with Crippen LogP contribution in [-0.4, -0.2) is 38.8 Å². The van der Waals surface area contributed by atoms with Crippen LogP contribution in [0.25, 0.3) is 0 Å². The first-order valence-corrected chi connectivity index (χ1v) is 8.82. The Bertz CT molecular complexity index is 545. The Morgan fingerprint density at radius 3 is 2.70 bits per heavy atom. The zero-order valence-electron chi connectivity index (χ0n) is 13.8. The Morgan fingerprint density at radius 2 is 2.09 bits per heavy atom. The van der Waals surface area contributed by atoms with Gasteiger partial charge in [-0.15, -0.1) is 0 Å². The van der Waals surface area contributed by atoms with Crippen LogP contribution in [0.3, 0.4) is 0 Å². The van der Waals surface area contributed by atoms with Crippen molar-refractivity contribution in [2.45, 2.75) is 26.7 Å². The van der Waals surface area contributed by atoms with Crippen molar-refractivity contribution in [3.8, 4) is 0 Å². The number of nitrogens with one attached hydrogen (secondary N) is 2. The number of ether oxygens (including phenoxy) is 1. The molecular weight excluding hydrogens is 333 g/mol. The molecule has 0 aromatic heterocycles. The summed E-state index contributed by atoms with van der Waals surface area (Å²) in [7, 11) is 0. The van der Waals surface area contributed by atoms with E-state index in [9.17, 15) is 0 Å². The van der Waals surface area contributed by atoms with Crippen LogP contribution in [0.5, 0.6) is 0 Å². The van der Waals surface area contributed by atoms with E-state index < -0.39 is 0 Å². The van der Waals surface area contributed by atoms with Gasteiger partial charge in [0.1, 0.15) is 0 Å². The van der Waals surface area contributed by atoms with Gasteiger partial charge in [0, 0.05) is 28.5 Å². The number of nitrogens with zero attached hydrogens (tertiary/aromatic N) is 1. The van der Waals surface area contributed by atoms with E-state index in [2.05, 4.69) is 29.5 Å². The smallest absolute Gasteiger partial charge is 0.191 e. The third kappa shape index (κ3) is 5.87. The molecule has 128 valence electrons. The molecule has 4 nitrogen and oxygen atoms in total. The molecule has 1 aromatic rings. The highest BCUT2D eigenvalue weighted by Gasteiger charge is 2.33. The second-order valence-corrected chi connectivity index (χ2v) is 7.11. The Balaban J connectivity index is 1.76. The third-order valence-electron chi connectivity index (χ3n) is 3.79. The molecule has 1 aliphatic rings. The molecule has 1 aliphatic heterocycles. The zero-order chi connectivity index (χ0) is 16.7. The summed E-state index contributed by atoms with van der Waals surface area (Å²) in [5, 5.41) is 8.05. The number of hydrogen-bond acceptors (Lipinski definition) is 2. The van der Waals surface area contributed by atoms with Gasteiger partial charge in [0.25, 0.3) is 0 Å². The summed E-state index contributed by atoms with van der Waals surface area (Å²) in [6, 6.07) is 5.66. The van der Waals surface area contributed by atoms with Gasteiger partial charge in [-0.2, -0.15) is 0 Å². The van der Waals surface area contributed by atoms with Crippen LogP contribution in [-0.2, 0) is 11.2 Å². The largest absolute Gasteiger partial charge is 0.380 e. The lowest BCUT2D eigenvalue weighted by atomic mass is 9.89. The lowest BCUT2D eigenvalue weighted by Gasteiger charge is -2.36. The molecular formula is C17H25Cl2N3O. The Hall–Kier alpha value is -0.970.